The molecule has 1 aromatic carbocycles. The zero-order chi connectivity index (χ0) is 17.8. The zero-order valence-electron chi connectivity index (χ0n) is 14.8. The second-order valence-corrected chi connectivity index (χ2v) is 6.43. The van der Waals surface area contributed by atoms with Gasteiger partial charge in [-0.15, -0.1) is 0 Å². The molecule has 0 saturated heterocycles. The quantitative estimate of drug-likeness (QED) is 0.839. The van der Waals surface area contributed by atoms with Gasteiger partial charge in [-0.2, -0.15) is 0 Å². The molecule has 0 bridgehead atoms. The highest BCUT2D eigenvalue weighted by atomic mass is 16.5. The van der Waals surface area contributed by atoms with Crippen LogP contribution in [0.1, 0.15) is 54.2 Å². The van der Waals surface area contributed by atoms with Crippen LogP contribution in [0.15, 0.2) is 36.0 Å². The number of hydrogen-bond donors (Lipinski definition) is 1. The molecule has 1 aromatic heterocycles. The van der Waals surface area contributed by atoms with E-state index in [1.807, 2.05) is 0 Å². The lowest BCUT2D eigenvalue weighted by atomic mass is 9.97. The first-order valence-electron chi connectivity index (χ1n) is 8.76. The van der Waals surface area contributed by atoms with Crippen molar-refractivity contribution in [2.75, 3.05) is 13.7 Å². The van der Waals surface area contributed by atoms with Gasteiger partial charge in [0, 0.05) is 25.1 Å². The topological polar surface area (TPSA) is 60.3 Å². The summed E-state index contributed by atoms with van der Waals surface area (Å²) in [5.41, 5.74) is 2.65. The Hall–Kier alpha value is -2.56. The summed E-state index contributed by atoms with van der Waals surface area (Å²) in [6.45, 7) is 2.10. The summed E-state index contributed by atoms with van der Waals surface area (Å²) in [4.78, 5) is 24.5. The van der Waals surface area contributed by atoms with Gasteiger partial charge in [-0.1, -0.05) is 11.6 Å². The molecule has 1 aliphatic rings. The molecule has 0 fully saturated rings. The number of hydrogen-bond acceptors (Lipinski definition) is 3. The molecule has 132 valence electrons. The molecule has 5 nitrogen and oxygen atoms in total. The molecule has 0 unspecified atom stereocenters. The minimum atomic E-state index is -0.158. The Morgan fingerprint density at radius 2 is 2.12 bits per heavy atom. The van der Waals surface area contributed by atoms with Gasteiger partial charge in [-0.3, -0.25) is 14.2 Å². The number of allylic oxidation sites excluding steroid dienone is 1. The summed E-state index contributed by atoms with van der Waals surface area (Å²) in [5.74, 6) is 0.381. The van der Waals surface area contributed by atoms with Gasteiger partial charge in [0.25, 0.3) is 5.91 Å². The molecule has 1 heterocycles. The van der Waals surface area contributed by atoms with E-state index in [4.69, 9.17) is 4.74 Å². The van der Waals surface area contributed by atoms with Crippen LogP contribution in [0, 0.1) is 0 Å². The highest BCUT2D eigenvalue weighted by Crippen LogP contribution is 2.26. The molecule has 0 aliphatic heterocycles. The summed E-state index contributed by atoms with van der Waals surface area (Å²) in [5, 5.41) is 3.71. The van der Waals surface area contributed by atoms with Crippen molar-refractivity contribution in [3.8, 4) is 5.75 Å². The number of ether oxygens (including phenoxy) is 1. The molecule has 3 rings (SSSR count). The number of rotatable bonds is 5. The van der Waals surface area contributed by atoms with Gasteiger partial charge in [-0.05, 0) is 50.3 Å². The Morgan fingerprint density at radius 3 is 2.80 bits per heavy atom. The minimum Gasteiger partial charge on any atom is -0.497 e. The molecule has 0 saturated carbocycles. The number of amides is 1. The van der Waals surface area contributed by atoms with Crippen LogP contribution in [-0.4, -0.2) is 30.0 Å². The Labute approximate surface area is 147 Å². The van der Waals surface area contributed by atoms with Crippen LogP contribution in [0.3, 0.4) is 0 Å². The summed E-state index contributed by atoms with van der Waals surface area (Å²) in [6, 6.07) is 5.39. The standard InChI is InChI=1S/C20H24N2O3/c1-14(23)22-13-18(17-12-16(25-2)8-9-19(17)22)20(24)21-11-10-15-6-4-3-5-7-15/h6,8-9,12-13H,3-5,7,10-11H2,1-2H3,(H,21,24). The average Bonchev–Trinajstić information content (AvgIpc) is 3.01. The number of aromatic nitrogens is 1. The van der Waals surface area contributed by atoms with Gasteiger partial charge in [0.1, 0.15) is 5.75 Å². The van der Waals surface area contributed by atoms with Crippen molar-refractivity contribution in [2.24, 2.45) is 0 Å². The van der Waals surface area contributed by atoms with E-state index in [1.54, 1.807) is 31.5 Å². The number of benzene rings is 1. The first kappa shape index (κ1) is 17.3. The van der Waals surface area contributed by atoms with E-state index >= 15 is 0 Å². The van der Waals surface area contributed by atoms with Crippen molar-refractivity contribution < 1.29 is 14.3 Å². The monoisotopic (exact) mass is 340 g/mol. The molecule has 25 heavy (non-hydrogen) atoms. The molecular formula is C20H24N2O3. The predicted octanol–water partition coefficient (Wildman–Crippen LogP) is 3.93. The van der Waals surface area contributed by atoms with E-state index in [9.17, 15) is 9.59 Å². The second kappa shape index (κ2) is 7.55. The number of fused-ring (bicyclic) bond motifs is 1. The van der Waals surface area contributed by atoms with Crippen molar-refractivity contribution in [2.45, 2.75) is 39.0 Å². The van der Waals surface area contributed by atoms with E-state index in [1.165, 1.54) is 29.9 Å². The lowest BCUT2D eigenvalue weighted by Crippen LogP contribution is -2.24. The lowest BCUT2D eigenvalue weighted by molar-refractivity contribution is 0.0941. The number of methoxy groups -OCH3 is 1. The fourth-order valence-corrected chi connectivity index (χ4v) is 3.34. The maximum absolute atomic E-state index is 12.6. The molecular weight excluding hydrogens is 316 g/mol. The number of nitrogens with zero attached hydrogens (tertiary/aromatic N) is 1. The van der Waals surface area contributed by atoms with Gasteiger partial charge >= 0.3 is 0 Å². The van der Waals surface area contributed by atoms with E-state index < -0.39 is 0 Å². The highest BCUT2D eigenvalue weighted by molar-refractivity contribution is 6.09. The van der Waals surface area contributed by atoms with Crippen molar-refractivity contribution in [1.82, 2.24) is 9.88 Å². The van der Waals surface area contributed by atoms with Crippen molar-refractivity contribution >= 4 is 22.7 Å². The largest absolute Gasteiger partial charge is 0.497 e. The van der Waals surface area contributed by atoms with Gasteiger partial charge < -0.3 is 10.1 Å². The van der Waals surface area contributed by atoms with Crippen LogP contribution in [0.25, 0.3) is 10.9 Å². The normalized spacial score (nSPS) is 14.2. The van der Waals surface area contributed by atoms with Gasteiger partial charge in [0.15, 0.2) is 0 Å². The van der Waals surface area contributed by atoms with Crippen LogP contribution in [0.4, 0.5) is 0 Å². The third kappa shape index (κ3) is 3.76. The fraction of sp³-hybridized carbons (Fsp3) is 0.400. The van der Waals surface area contributed by atoms with Gasteiger partial charge in [0.05, 0.1) is 18.2 Å². The maximum Gasteiger partial charge on any atom is 0.253 e. The predicted molar refractivity (Wildman–Crippen MR) is 98.3 cm³/mol. The molecule has 0 radical (unpaired) electrons. The van der Waals surface area contributed by atoms with Crippen LogP contribution in [0.5, 0.6) is 5.75 Å². The van der Waals surface area contributed by atoms with Crippen molar-refractivity contribution in [3.63, 3.8) is 0 Å². The first-order valence-corrected chi connectivity index (χ1v) is 8.76. The number of carbonyl (C=O) groups is 2. The Kier molecular flexibility index (Phi) is 5.22. The summed E-state index contributed by atoms with van der Waals surface area (Å²) in [7, 11) is 1.58. The Bertz CT molecular complexity index is 833. The molecule has 5 heteroatoms. The van der Waals surface area contributed by atoms with E-state index in [0.717, 1.165) is 24.6 Å². The number of carbonyl (C=O) groups excluding carboxylic acids is 2. The van der Waals surface area contributed by atoms with Crippen LogP contribution in [0.2, 0.25) is 0 Å². The van der Waals surface area contributed by atoms with Crippen LogP contribution >= 0.6 is 0 Å². The minimum absolute atomic E-state index is 0.124. The summed E-state index contributed by atoms with van der Waals surface area (Å²) in [6.07, 6.45) is 9.59. The SMILES string of the molecule is COc1ccc2c(c1)c(C(=O)NCCC1=CCCCC1)cn2C(C)=O. The summed E-state index contributed by atoms with van der Waals surface area (Å²) >= 11 is 0. The smallest absolute Gasteiger partial charge is 0.253 e. The Balaban J connectivity index is 1.80. The van der Waals surface area contributed by atoms with Crippen molar-refractivity contribution in [3.05, 3.63) is 41.6 Å². The van der Waals surface area contributed by atoms with Crippen molar-refractivity contribution in [1.29, 1.82) is 0 Å². The van der Waals surface area contributed by atoms with E-state index in [-0.39, 0.29) is 11.8 Å². The molecule has 0 atom stereocenters. The molecule has 2 aromatic rings. The fourth-order valence-electron chi connectivity index (χ4n) is 3.34. The molecule has 1 amide bonds. The molecule has 0 spiro atoms. The van der Waals surface area contributed by atoms with E-state index in [2.05, 4.69) is 11.4 Å². The van der Waals surface area contributed by atoms with Crippen LogP contribution < -0.4 is 10.1 Å². The van der Waals surface area contributed by atoms with Gasteiger partial charge in [-0.25, -0.2) is 0 Å². The second-order valence-electron chi connectivity index (χ2n) is 6.43. The maximum atomic E-state index is 12.6. The highest BCUT2D eigenvalue weighted by Gasteiger charge is 2.17. The van der Waals surface area contributed by atoms with Gasteiger partial charge in [0.2, 0.25) is 5.91 Å². The third-order valence-corrected chi connectivity index (χ3v) is 4.71. The first-order chi connectivity index (χ1) is 12.1. The summed E-state index contributed by atoms with van der Waals surface area (Å²) < 4.78 is 6.76. The third-order valence-electron chi connectivity index (χ3n) is 4.71. The zero-order valence-corrected chi connectivity index (χ0v) is 14.8. The molecule has 1 aliphatic carbocycles. The Morgan fingerprint density at radius 1 is 1.28 bits per heavy atom. The molecule has 1 N–H and O–H groups in total. The number of nitrogens with one attached hydrogen (secondary N) is 1. The average molecular weight is 340 g/mol. The lowest BCUT2D eigenvalue weighted by Gasteiger charge is -2.12. The van der Waals surface area contributed by atoms with E-state index in [0.29, 0.717) is 23.4 Å². The van der Waals surface area contributed by atoms with Crippen LogP contribution in [-0.2, 0) is 0 Å².